The number of fused-ring (bicyclic) bond motifs is 1. The number of ether oxygens (including phenoxy) is 1. The van der Waals surface area contributed by atoms with Crippen LogP contribution in [0.25, 0.3) is 0 Å². The lowest BCUT2D eigenvalue weighted by Gasteiger charge is -2.16. The maximum absolute atomic E-state index is 11.2. The zero-order valence-electron chi connectivity index (χ0n) is 6.61. The summed E-state index contributed by atoms with van der Waals surface area (Å²) >= 11 is 0. The summed E-state index contributed by atoms with van der Waals surface area (Å²) in [4.78, 5) is 44.0. The third kappa shape index (κ3) is 1.07. The summed E-state index contributed by atoms with van der Waals surface area (Å²) in [7, 11) is 0. The van der Waals surface area contributed by atoms with Crippen LogP contribution in [0.3, 0.4) is 0 Å². The third-order valence-electron chi connectivity index (χ3n) is 2.33. The van der Waals surface area contributed by atoms with Gasteiger partial charge in [-0.3, -0.25) is 19.2 Å². The molecule has 68 valence electrons. The van der Waals surface area contributed by atoms with Crippen LogP contribution in [0.5, 0.6) is 0 Å². The summed E-state index contributed by atoms with van der Waals surface area (Å²) in [6.07, 6.45) is -0.287. The van der Waals surface area contributed by atoms with E-state index in [0.29, 0.717) is 0 Å². The first kappa shape index (κ1) is 8.10. The minimum Gasteiger partial charge on any atom is -0.392 e. The van der Waals surface area contributed by atoms with Gasteiger partial charge in [0.2, 0.25) is 0 Å². The van der Waals surface area contributed by atoms with Gasteiger partial charge in [-0.15, -0.1) is 0 Å². The van der Waals surface area contributed by atoms with E-state index < -0.39 is 29.6 Å². The molecule has 0 aromatic rings. The van der Waals surface area contributed by atoms with Gasteiger partial charge in [-0.05, 0) is 0 Å². The predicted molar refractivity (Wildman–Crippen MR) is 37.3 cm³/mol. The van der Waals surface area contributed by atoms with Crippen LogP contribution in [0.15, 0.2) is 0 Å². The molecule has 0 aromatic heterocycles. The van der Waals surface area contributed by atoms with Crippen molar-refractivity contribution in [2.45, 2.75) is 12.8 Å². The highest BCUT2D eigenvalue weighted by atomic mass is 16.6. The average Bonchev–Trinajstić information content (AvgIpc) is 2.27. The number of cyclic esters (lactones) is 2. The molecule has 1 saturated heterocycles. The number of rotatable bonds is 0. The number of hydrogen-bond acceptors (Lipinski definition) is 5. The zero-order chi connectivity index (χ0) is 9.59. The van der Waals surface area contributed by atoms with Crippen LogP contribution >= 0.6 is 0 Å². The maximum Gasteiger partial charge on any atom is 0.325 e. The van der Waals surface area contributed by atoms with Crippen molar-refractivity contribution in [2.24, 2.45) is 11.8 Å². The van der Waals surface area contributed by atoms with E-state index in [-0.39, 0.29) is 18.6 Å². The predicted octanol–water partition coefficient (Wildman–Crippen LogP) is -0.766. The summed E-state index contributed by atoms with van der Waals surface area (Å²) in [6.45, 7) is 0. The fourth-order valence-corrected chi connectivity index (χ4v) is 1.72. The Morgan fingerprint density at radius 2 is 1.77 bits per heavy atom. The van der Waals surface area contributed by atoms with Gasteiger partial charge in [0.15, 0.2) is 5.78 Å². The van der Waals surface area contributed by atoms with Crippen LogP contribution in [0.1, 0.15) is 12.8 Å². The smallest absolute Gasteiger partial charge is 0.325 e. The van der Waals surface area contributed by atoms with E-state index >= 15 is 0 Å². The van der Waals surface area contributed by atoms with Gasteiger partial charge < -0.3 is 4.74 Å². The maximum atomic E-state index is 11.2. The Labute approximate surface area is 73.0 Å². The van der Waals surface area contributed by atoms with E-state index in [0.717, 1.165) is 0 Å². The van der Waals surface area contributed by atoms with Crippen molar-refractivity contribution in [1.82, 2.24) is 0 Å². The molecule has 5 nitrogen and oxygen atoms in total. The highest BCUT2D eigenvalue weighted by molar-refractivity contribution is 6.17. The molecule has 13 heavy (non-hydrogen) atoms. The highest BCUT2D eigenvalue weighted by Crippen LogP contribution is 2.32. The summed E-state index contributed by atoms with van der Waals surface area (Å²) in [5, 5.41) is 0. The van der Waals surface area contributed by atoms with Crippen molar-refractivity contribution in [3.05, 3.63) is 0 Å². The Morgan fingerprint density at radius 3 is 2.46 bits per heavy atom. The summed E-state index contributed by atoms with van der Waals surface area (Å²) in [5.41, 5.74) is 0. The Hall–Kier alpha value is -1.52. The van der Waals surface area contributed by atoms with Gasteiger partial charge in [0.1, 0.15) is 11.7 Å². The van der Waals surface area contributed by atoms with Gasteiger partial charge in [-0.25, -0.2) is 0 Å². The second-order valence-corrected chi connectivity index (χ2v) is 3.21. The first-order chi connectivity index (χ1) is 6.09. The second kappa shape index (κ2) is 2.48. The van der Waals surface area contributed by atoms with Crippen LogP contribution < -0.4 is 0 Å². The number of esters is 2. The Balaban J connectivity index is 2.34. The number of carbonyl (C=O) groups excluding carboxylic acids is 4. The van der Waals surface area contributed by atoms with E-state index in [1.54, 1.807) is 0 Å². The fraction of sp³-hybridized carbons (Fsp3) is 0.500. The summed E-state index contributed by atoms with van der Waals surface area (Å²) in [5.74, 6) is -4.18. The molecular weight excluding hydrogens is 176 g/mol. The molecule has 1 aliphatic carbocycles. The molecule has 1 aliphatic heterocycles. The SMILES string of the molecule is O=C1CC(=O)C2C(=O)OC(=O)C2C1. The van der Waals surface area contributed by atoms with E-state index in [1.165, 1.54) is 0 Å². The first-order valence-electron chi connectivity index (χ1n) is 3.89. The number of hydrogen-bond donors (Lipinski definition) is 0. The molecule has 2 aliphatic rings. The lowest BCUT2D eigenvalue weighted by Crippen LogP contribution is -2.35. The number of Topliss-reactive ketones (excluding diaryl/α,β-unsaturated/α-hetero) is 2. The largest absolute Gasteiger partial charge is 0.392 e. The molecule has 0 N–H and O–H groups in total. The van der Waals surface area contributed by atoms with Crippen molar-refractivity contribution in [1.29, 1.82) is 0 Å². The van der Waals surface area contributed by atoms with Crippen molar-refractivity contribution in [3.63, 3.8) is 0 Å². The second-order valence-electron chi connectivity index (χ2n) is 3.21. The fourth-order valence-electron chi connectivity index (χ4n) is 1.72. The Morgan fingerprint density at radius 1 is 1.08 bits per heavy atom. The third-order valence-corrected chi connectivity index (χ3v) is 2.33. The molecule has 5 heteroatoms. The molecule has 0 aromatic carbocycles. The van der Waals surface area contributed by atoms with Gasteiger partial charge in [0.05, 0.1) is 12.3 Å². The number of carbonyl (C=O) groups is 4. The molecule has 0 radical (unpaired) electrons. The molecule has 0 bridgehead atoms. The molecule has 0 amide bonds. The van der Waals surface area contributed by atoms with Gasteiger partial charge >= 0.3 is 11.9 Å². The molecule has 2 unspecified atom stereocenters. The van der Waals surface area contributed by atoms with E-state index in [4.69, 9.17) is 0 Å². The van der Waals surface area contributed by atoms with Crippen molar-refractivity contribution in [3.8, 4) is 0 Å². The standard InChI is InChI=1S/C8H6O5/c9-3-1-4-6(5(10)2-3)8(12)13-7(4)11/h4,6H,1-2H2. The molecular formula is C8H6O5. The lowest BCUT2D eigenvalue weighted by atomic mass is 9.79. The normalized spacial score (nSPS) is 33.2. The Bertz CT molecular complexity index is 329. The molecule has 2 atom stereocenters. The quantitative estimate of drug-likeness (QED) is 0.363. The van der Waals surface area contributed by atoms with E-state index in [2.05, 4.69) is 4.74 Å². The molecule has 2 fully saturated rings. The summed E-state index contributed by atoms with van der Waals surface area (Å²) in [6, 6.07) is 0. The molecule has 1 heterocycles. The first-order valence-corrected chi connectivity index (χ1v) is 3.89. The zero-order valence-corrected chi connectivity index (χ0v) is 6.61. The molecule has 1 saturated carbocycles. The van der Waals surface area contributed by atoms with Crippen LogP contribution in [-0.4, -0.2) is 23.5 Å². The van der Waals surface area contributed by atoms with Crippen LogP contribution in [0, 0.1) is 11.8 Å². The van der Waals surface area contributed by atoms with Crippen LogP contribution in [-0.2, 0) is 23.9 Å². The highest BCUT2D eigenvalue weighted by Gasteiger charge is 2.52. The van der Waals surface area contributed by atoms with Gasteiger partial charge in [-0.1, -0.05) is 0 Å². The van der Waals surface area contributed by atoms with E-state index in [1.807, 2.05) is 0 Å². The van der Waals surface area contributed by atoms with Crippen molar-refractivity contribution < 1.29 is 23.9 Å². The van der Waals surface area contributed by atoms with Crippen LogP contribution in [0.4, 0.5) is 0 Å². The van der Waals surface area contributed by atoms with E-state index in [9.17, 15) is 19.2 Å². The van der Waals surface area contributed by atoms with Crippen molar-refractivity contribution in [2.75, 3.05) is 0 Å². The molecule has 0 spiro atoms. The van der Waals surface area contributed by atoms with Gasteiger partial charge in [0.25, 0.3) is 0 Å². The lowest BCUT2D eigenvalue weighted by molar-refractivity contribution is -0.154. The van der Waals surface area contributed by atoms with Crippen molar-refractivity contribution >= 4 is 23.5 Å². The van der Waals surface area contributed by atoms with Gasteiger partial charge in [-0.2, -0.15) is 0 Å². The minimum absolute atomic E-state index is 0.0407. The number of ketones is 2. The minimum atomic E-state index is -1.01. The summed E-state index contributed by atoms with van der Waals surface area (Å²) < 4.78 is 4.28. The Kier molecular flexibility index (Phi) is 1.55. The topological polar surface area (TPSA) is 77.5 Å². The van der Waals surface area contributed by atoms with Gasteiger partial charge in [0, 0.05) is 6.42 Å². The van der Waals surface area contributed by atoms with Crippen LogP contribution in [0.2, 0.25) is 0 Å². The molecule has 2 rings (SSSR count). The monoisotopic (exact) mass is 182 g/mol. The average molecular weight is 182 g/mol.